The summed E-state index contributed by atoms with van der Waals surface area (Å²) in [6, 6.07) is 8.16. The number of aryl methyl sites for hydroxylation is 1. The first-order valence-corrected chi connectivity index (χ1v) is 5.75. The van der Waals surface area contributed by atoms with Crippen LogP contribution in [-0.4, -0.2) is 26.2 Å². The van der Waals surface area contributed by atoms with Crippen molar-refractivity contribution < 1.29 is 9.53 Å². The van der Waals surface area contributed by atoms with Crippen LogP contribution in [0.15, 0.2) is 36.4 Å². The Kier molecular flexibility index (Phi) is 5.27. The summed E-state index contributed by atoms with van der Waals surface area (Å²) in [4.78, 5) is 13.2. The number of carbonyl (C=O) groups excluding carboxylic acids is 1. The van der Waals surface area contributed by atoms with Crippen LogP contribution in [0.3, 0.4) is 0 Å². The van der Waals surface area contributed by atoms with Gasteiger partial charge in [0.1, 0.15) is 0 Å². The van der Waals surface area contributed by atoms with Crippen molar-refractivity contribution in [2.45, 2.75) is 13.8 Å². The Morgan fingerprint density at radius 2 is 2.12 bits per heavy atom. The molecule has 0 aliphatic rings. The highest BCUT2D eigenvalue weighted by Gasteiger charge is 2.01. The average molecular weight is 233 g/mol. The maximum absolute atomic E-state index is 11.1. The molecular weight excluding hydrogens is 214 g/mol. The first kappa shape index (κ1) is 13.3. The van der Waals surface area contributed by atoms with Gasteiger partial charge >= 0.3 is 5.97 Å². The standard InChI is InChI=1S/C14H19NO2/c1-4-17-14(16)10-7-11-15(3)13-9-6-5-8-12(13)2/h5-10H,4,11H2,1-3H3/b10-7+. The number of likely N-dealkylation sites (N-methyl/N-ethyl adjacent to an activating group) is 1. The molecule has 1 rings (SSSR count). The molecule has 0 saturated carbocycles. The van der Waals surface area contributed by atoms with Crippen molar-refractivity contribution in [2.24, 2.45) is 0 Å². The highest BCUT2D eigenvalue weighted by atomic mass is 16.5. The molecule has 17 heavy (non-hydrogen) atoms. The highest BCUT2D eigenvalue weighted by Crippen LogP contribution is 2.17. The van der Waals surface area contributed by atoms with Gasteiger partial charge in [-0.2, -0.15) is 0 Å². The van der Waals surface area contributed by atoms with Crippen LogP contribution in [0.1, 0.15) is 12.5 Å². The molecule has 0 aliphatic heterocycles. The molecule has 92 valence electrons. The molecule has 0 bridgehead atoms. The molecule has 0 unspecified atom stereocenters. The van der Waals surface area contributed by atoms with E-state index in [1.165, 1.54) is 17.3 Å². The molecule has 1 aromatic rings. The average Bonchev–Trinajstić information content (AvgIpc) is 2.29. The summed E-state index contributed by atoms with van der Waals surface area (Å²) in [6.07, 6.45) is 3.28. The van der Waals surface area contributed by atoms with Gasteiger partial charge in [0.2, 0.25) is 0 Å². The predicted octanol–water partition coefficient (Wildman–Crippen LogP) is 2.55. The number of hydrogen-bond donors (Lipinski definition) is 0. The van der Waals surface area contributed by atoms with E-state index in [2.05, 4.69) is 24.0 Å². The number of rotatable bonds is 5. The largest absolute Gasteiger partial charge is 0.463 e. The van der Waals surface area contributed by atoms with Crippen molar-refractivity contribution >= 4 is 11.7 Å². The second-order valence-electron chi connectivity index (χ2n) is 3.82. The summed E-state index contributed by atoms with van der Waals surface area (Å²) in [7, 11) is 2.00. The Labute approximate surface area is 103 Å². The van der Waals surface area contributed by atoms with Gasteiger partial charge in [-0.1, -0.05) is 24.3 Å². The Morgan fingerprint density at radius 3 is 2.76 bits per heavy atom. The molecule has 0 fully saturated rings. The van der Waals surface area contributed by atoms with Gasteiger partial charge in [0.15, 0.2) is 0 Å². The molecule has 0 heterocycles. The molecule has 0 amide bonds. The second kappa shape index (κ2) is 6.74. The van der Waals surface area contributed by atoms with Gasteiger partial charge < -0.3 is 9.64 Å². The fourth-order valence-corrected chi connectivity index (χ4v) is 1.59. The van der Waals surface area contributed by atoms with Gasteiger partial charge in [0.05, 0.1) is 6.61 Å². The number of ether oxygens (including phenoxy) is 1. The normalized spacial score (nSPS) is 10.5. The van der Waals surface area contributed by atoms with E-state index in [1.807, 2.05) is 25.3 Å². The molecule has 1 aromatic carbocycles. The lowest BCUT2D eigenvalue weighted by atomic mass is 10.2. The molecule has 0 aromatic heterocycles. The lowest BCUT2D eigenvalue weighted by molar-refractivity contribution is -0.137. The zero-order valence-electron chi connectivity index (χ0n) is 10.6. The molecule has 3 nitrogen and oxygen atoms in total. The third kappa shape index (κ3) is 4.31. The third-order valence-corrected chi connectivity index (χ3v) is 2.45. The Bertz CT molecular complexity index is 399. The lowest BCUT2D eigenvalue weighted by Crippen LogP contribution is -2.18. The van der Waals surface area contributed by atoms with Crippen molar-refractivity contribution in [3.63, 3.8) is 0 Å². The van der Waals surface area contributed by atoms with E-state index >= 15 is 0 Å². The number of carbonyl (C=O) groups is 1. The Morgan fingerprint density at radius 1 is 1.41 bits per heavy atom. The summed E-state index contributed by atoms with van der Waals surface area (Å²) < 4.78 is 4.81. The van der Waals surface area contributed by atoms with Crippen molar-refractivity contribution in [3.05, 3.63) is 42.0 Å². The van der Waals surface area contributed by atoms with Gasteiger partial charge in [-0.3, -0.25) is 0 Å². The van der Waals surface area contributed by atoms with Crippen LogP contribution in [0.5, 0.6) is 0 Å². The van der Waals surface area contributed by atoms with E-state index in [0.717, 1.165) is 0 Å². The summed E-state index contributed by atoms with van der Waals surface area (Å²) >= 11 is 0. The quantitative estimate of drug-likeness (QED) is 0.578. The molecule has 0 atom stereocenters. The summed E-state index contributed by atoms with van der Waals surface area (Å²) in [5, 5.41) is 0. The zero-order valence-corrected chi connectivity index (χ0v) is 10.6. The van der Waals surface area contributed by atoms with Crippen LogP contribution in [0.25, 0.3) is 0 Å². The van der Waals surface area contributed by atoms with Crippen molar-refractivity contribution in [2.75, 3.05) is 25.1 Å². The zero-order chi connectivity index (χ0) is 12.7. The monoisotopic (exact) mass is 233 g/mol. The minimum atomic E-state index is -0.286. The van der Waals surface area contributed by atoms with E-state index in [-0.39, 0.29) is 5.97 Å². The van der Waals surface area contributed by atoms with E-state index in [1.54, 1.807) is 6.92 Å². The number of para-hydroxylation sites is 1. The fraction of sp³-hybridized carbons (Fsp3) is 0.357. The second-order valence-corrected chi connectivity index (χ2v) is 3.82. The van der Waals surface area contributed by atoms with Gasteiger partial charge in [-0.15, -0.1) is 0 Å². The number of esters is 1. The summed E-state index contributed by atoms with van der Waals surface area (Å²) in [5.41, 5.74) is 2.39. The lowest BCUT2D eigenvalue weighted by Gasteiger charge is -2.19. The minimum Gasteiger partial charge on any atom is -0.463 e. The van der Waals surface area contributed by atoms with E-state index in [4.69, 9.17) is 4.74 Å². The van der Waals surface area contributed by atoms with Gasteiger partial charge in [-0.05, 0) is 25.5 Å². The molecule has 0 spiro atoms. The minimum absolute atomic E-state index is 0.286. The van der Waals surface area contributed by atoms with E-state index in [0.29, 0.717) is 13.2 Å². The summed E-state index contributed by atoms with van der Waals surface area (Å²) in [5.74, 6) is -0.286. The highest BCUT2D eigenvalue weighted by molar-refractivity contribution is 5.81. The van der Waals surface area contributed by atoms with Crippen LogP contribution < -0.4 is 4.90 Å². The number of benzene rings is 1. The number of nitrogens with zero attached hydrogens (tertiary/aromatic N) is 1. The van der Waals surface area contributed by atoms with Crippen LogP contribution in [0.4, 0.5) is 5.69 Å². The molecular formula is C14H19NO2. The predicted molar refractivity (Wildman–Crippen MR) is 70.2 cm³/mol. The van der Waals surface area contributed by atoms with E-state index < -0.39 is 0 Å². The Balaban J connectivity index is 2.53. The topological polar surface area (TPSA) is 29.5 Å². The van der Waals surface area contributed by atoms with Crippen LogP contribution in [0.2, 0.25) is 0 Å². The first-order chi connectivity index (χ1) is 8.15. The Hall–Kier alpha value is -1.77. The van der Waals surface area contributed by atoms with Gasteiger partial charge in [0, 0.05) is 25.4 Å². The smallest absolute Gasteiger partial charge is 0.330 e. The van der Waals surface area contributed by atoms with E-state index in [9.17, 15) is 4.79 Å². The SMILES string of the molecule is CCOC(=O)/C=C/CN(C)c1ccccc1C. The molecule has 0 radical (unpaired) electrons. The van der Waals surface area contributed by atoms with Crippen molar-refractivity contribution in [1.82, 2.24) is 0 Å². The first-order valence-electron chi connectivity index (χ1n) is 5.75. The van der Waals surface area contributed by atoms with Crippen molar-refractivity contribution in [3.8, 4) is 0 Å². The third-order valence-electron chi connectivity index (χ3n) is 2.45. The summed E-state index contributed by atoms with van der Waals surface area (Å²) in [6.45, 7) is 4.96. The van der Waals surface area contributed by atoms with Gasteiger partial charge in [0.25, 0.3) is 0 Å². The maximum atomic E-state index is 11.1. The maximum Gasteiger partial charge on any atom is 0.330 e. The van der Waals surface area contributed by atoms with Crippen molar-refractivity contribution in [1.29, 1.82) is 0 Å². The van der Waals surface area contributed by atoms with Crippen LogP contribution >= 0.6 is 0 Å². The molecule has 0 saturated heterocycles. The van der Waals surface area contributed by atoms with Crippen LogP contribution in [0, 0.1) is 6.92 Å². The number of anilines is 1. The van der Waals surface area contributed by atoms with Crippen LogP contribution in [-0.2, 0) is 9.53 Å². The van der Waals surface area contributed by atoms with Gasteiger partial charge in [-0.25, -0.2) is 4.79 Å². The molecule has 0 aliphatic carbocycles. The molecule has 3 heteroatoms. The molecule has 0 N–H and O–H groups in total. The number of hydrogen-bond acceptors (Lipinski definition) is 3. The fourth-order valence-electron chi connectivity index (χ4n) is 1.59.